The number of ether oxygens (including phenoxy) is 2. The number of benzene rings is 2. The molecule has 0 spiro atoms. The Morgan fingerprint density at radius 1 is 0.882 bits per heavy atom. The van der Waals surface area contributed by atoms with Crippen LogP contribution in [0.2, 0.25) is 0 Å². The zero-order valence-electron chi connectivity index (χ0n) is 17.9. The molecule has 0 atom stereocenters. The van der Waals surface area contributed by atoms with E-state index in [2.05, 4.69) is 15.3 Å². The van der Waals surface area contributed by atoms with Crippen LogP contribution in [0, 0.1) is 0 Å². The molecule has 0 saturated carbocycles. The SMILES string of the molecule is O=C(Nc1nc(-c2cccnc2)cs1)c1cc(-c2ccc3c(c2)OCCO3)nc2ccccc12. The Morgan fingerprint density at radius 2 is 1.76 bits per heavy atom. The molecule has 1 aliphatic rings. The molecule has 0 bridgehead atoms. The van der Waals surface area contributed by atoms with Gasteiger partial charge in [-0.3, -0.25) is 15.1 Å². The number of hydrogen-bond donors (Lipinski definition) is 1. The number of thiazole rings is 1. The first-order valence-electron chi connectivity index (χ1n) is 10.7. The van der Waals surface area contributed by atoms with E-state index in [9.17, 15) is 4.79 Å². The van der Waals surface area contributed by atoms with E-state index in [1.165, 1.54) is 11.3 Å². The van der Waals surface area contributed by atoms with Crippen molar-refractivity contribution in [2.24, 2.45) is 0 Å². The van der Waals surface area contributed by atoms with Crippen molar-refractivity contribution in [2.75, 3.05) is 18.5 Å². The predicted molar refractivity (Wildman–Crippen MR) is 131 cm³/mol. The maximum Gasteiger partial charge on any atom is 0.258 e. The fourth-order valence-corrected chi connectivity index (χ4v) is 4.57. The Balaban J connectivity index is 1.36. The molecule has 0 fully saturated rings. The molecule has 34 heavy (non-hydrogen) atoms. The standard InChI is InChI=1S/C26H18N4O3S/c31-25(30-26-29-22(15-34-26)17-4-3-9-27-14-17)19-13-21(28-20-6-2-1-5-18(19)20)16-7-8-23-24(12-16)33-11-10-32-23/h1-9,12-15H,10-11H2,(H,29,30,31). The molecule has 1 N–H and O–H groups in total. The topological polar surface area (TPSA) is 86.2 Å². The number of pyridine rings is 2. The molecule has 0 aliphatic carbocycles. The summed E-state index contributed by atoms with van der Waals surface area (Å²) < 4.78 is 11.4. The highest BCUT2D eigenvalue weighted by Crippen LogP contribution is 2.35. The largest absolute Gasteiger partial charge is 0.486 e. The highest BCUT2D eigenvalue weighted by molar-refractivity contribution is 7.14. The average Bonchev–Trinajstić information content (AvgIpc) is 3.36. The lowest BCUT2D eigenvalue weighted by molar-refractivity contribution is 0.102. The summed E-state index contributed by atoms with van der Waals surface area (Å²) in [6.07, 6.45) is 3.46. The lowest BCUT2D eigenvalue weighted by Crippen LogP contribution is -2.15. The summed E-state index contributed by atoms with van der Waals surface area (Å²) in [6.45, 7) is 1.04. The lowest BCUT2D eigenvalue weighted by Gasteiger charge is -2.19. The molecule has 1 amide bonds. The second-order valence-corrected chi connectivity index (χ2v) is 8.52. The van der Waals surface area contributed by atoms with Gasteiger partial charge in [-0.15, -0.1) is 11.3 Å². The maximum atomic E-state index is 13.4. The molecule has 0 radical (unpaired) electrons. The molecule has 2 aromatic carbocycles. The minimum absolute atomic E-state index is 0.246. The molecule has 8 heteroatoms. The third-order valence-electron chi connectivity index (χ3n) is 5.48. The van der Waals surface area contributed by atoms with Crippen LogP contribution in [0.5, 0.6) is 11.5 Å². The van der Waals surface area contributed by atoms with E-state index in [1.807, 2.05) is 60.0 Å². The van der Waals surface area contributed by atoms with E-state index in [4.69, 9.17) is 14.5 Å². The molecule has 6 rings (SSSR count). The Bertz CT molecular complexity index is 1520. The van der Waals surface area contributed by atoms with Gasteiger partial charge < -0.3 is 9.47 Å². The number of anilines is 1. The van der Waals surface area contributed by atoms with Gasteiger partial charge in [0.2, 0.25) is 0 Å². The third kappa shape index (κ3) is 3.84. The van der Waals surface area contributed by atoms with Crippen molar-refractivity contribution >= 4 is 33.3 Å². The van der Waals surface area contributed by atoms with E-state index in [0.29, 0.717) is 41.1 Å². The van der Waals surface area contributed by atoms with Crippen molar-refractivity contribution in [1.82, 2.24) is 15.0 Å². The molecular weight excluding hydrogens is 448 g/mol. The van der Waals surface area contributed by atoms with Crippen LogP contribution < -0.4 is 14.8 Å². The molecule has 5 aromatic rings. The van der Waals surface area contributed by atoms with Crippen LogP contribution in [0.1, 0.15) is 10.4 Å². The molecule has 0 saturated heterocycles. The first kappa shape index (κ1) is 20.3. The maximum absolute atomic E-state index is 13.4. The lowest BCUT2D eigenvalue weighted by atomic mass is 10.0. The van der Waals surface area contributed by atoms with Crippen LogP contribution in [0.4, 0.5) is 5.13 Å². The van der Waals surface area contributed by atoms with Gasteiger partial charge in [-0.25, -0.2) is 9.97 Å². The molecule has 166 valence electrons. The number of fused-ring (bicyclic) bond motifs is 2. The molecule has 3 aromatic heterocycles. The number of rotatable bonds is 4. The quantitative estimate of drug-likeness (QED) is 0.379. The van der Waals surface area contributed by atoms with Crippen LogP contribution >= 0.6 is 11.3 Å². The number of nitrogens with zero attached hydrogens (tertiary/aromatic N) is 3. The highest BCUT2D eigenvalue weighted by atomic mass is 32.1. The van der Waals surface area contributed by atoms with Gasteiger partial charge in [-0.1, -0.05) is 18.2 Å². The number of hydrogen-bond acceptors (Lipinski definition) is 7. The summed E-state index contributed by atoms with van der Waals surface area (Å²) in [4.78, 5) is 26.8. The predicted octanol–water partition coefficient (Wildman–Crippen LogP) is 5.44. The Kier molecular flexibility index (Phi) is 5.12. The van der Waals surface area contributed by atoms with Gasteiger partial charge in [0, 0.05) is 34.3 Å². The molecule has 7 nitrogen and oxygen atoms in total. The van der Waals surface area contributed by atoms with E-state index in [-0.39, 0.29) is 5.91 Å². The van der Waals surface area contributed by atoms with E-state index >= 15 is 0 Å². The summed E-state index contributed by atoms with van der Waals surface area (Å²) in [5, 5.41) is 6.13. The summed E-state index contributed by atoms with van der Waals surface area (Å²) in [7, 11) is 0. The van der Waals surface area contributed by atoms with E-state index in [1.54, 1.807) is 18.5 Å². The first-order valence-corrected chi connectivity index (χ1v) is 11.6. The summed E-state index contributed by atoms with van der Waals surface area (Å²) in [5.74, 6) is 1.14. The number of carbonyl (C=O) groups excluding carboxylic acids is 1. The van der Waals surface area contributed by atoms with Crippen LogP contribution in [0.25, 0.3) is 33.4 Å². The first-order chi connectivity index (χ1) is 16.7. The molecular formula is C26H18N4O3S. The van der Waals surface area contributed by atoms with Crippen molar-refractivity contribution in [3.63, 3.8) is 0 Å². The van der Waals surface area contributed by atoms with Crippen LogP contribution in [-0.2, 0) is 0 Å². The van der Waals surface area contributed by atoms with Gasteiger partial charge >= 0.3 is 0 Å². The van der Waals surface area contributed by atoms with Crippen molar-refractivity contribution in [1.29, 1.82) is 0 Å². The fourth-order valence-electron chi connectivity index (χ4n) is 3.86. The van der Waals surface area contributed by atoms with Gasteiger partial charge in [0.25, 0.3) is 5.91 Å². The summed E-state index contributed by atoms with van der Waals surface area (Å²) >= 11 is 1.37. The fraction of sp³-hybridized carbons (Fsp3) is 0.0769. The zero-order valence-corrected chi connectivity index (χ0v) is 18.7. The van der Waals surface area contributed by atoms with E-state index < -0.39 is 0 Å². The van der Waals surface area contributed by atoms with Crippen molar-refractivity contribution < 1.29 is 14.3 Å². The van der Waals surface area contributed by atoms with Crippen LogP contribution in [-0.4, -0.2) is 34.1 Å². The molecule has 0 unspecified atom stereocenters. The second-order valence-electron chi connectivity index (χ2n) is 7.66. The Hall–Kier alpha value is -4.30. The number of nitrogens with one attached hydrogen (secondary N) is 1. The molecule has 1 aliphatic heterocycles. The van der Waals surface area contributed by atoms with Crippen molar-refractivity contribution in [3.8, 4) is 34.0 Å². The number of amides is 1. The minimum Gasteiger partial charge on any atom is -0.486 e. The van der Waals surface area contributed by atoms with Gasteiger partial charge in [0.1, 0.15) is 13.2 Å². The Labute approximate surface area is 199 Å². The van der Waals surface area contributed by atoms with Crippen LogP contribution in [0.3, 0.4) is 0 Å². The summed E-state index contributed by atoms with van der Waals surface area (Å²) in [6, 6.07) is 18.9. The van der Waals surface area contributed by atoms with Crippen molar-refractivity contribution in [3.05, 3.63) is 84.0 Å². The highest BCUT2D eigenvalue weighted by Gasteiger charge is 2.18. The van der Waals surface area contributed by atoms with Gasteiger partial charge in [0.15, 0.2) is 16.6 Å². The number of aromatic nitrogens is 3. The van der Waals surface area contributed by atoms with Gasteiger partial charge in [0.05, 0.1) is 22.5 Å². The zero-order chi connectivity index (χ0) is 22.9. The monoisotopic (exact) mass is 466 g/mol. The smallest absolute Gasteiger partial charge is 0.258 e. The summed E-state index contributed by atoms with van der Waals surface area (Å²) in [5.41, 5.74) is 4.44. The third-order valence-corrected chi connectivity index (χ3v) is 6.24. The van der Waals surface area contributed by atoms with Crippen LogP contribution in [0.15, 0.2) is 78.4 Å². The average molecular weight is 467 g/mol. The van der Waals surface area contributed by atoms with Gasteiger partial charge in [-0.05, 0) is 42.5 Å². The van der Waals surface area contributed by atoms with Crippen molar-refractivity contribution in [2.45, 2.75) is 0 Å². The minimum atomic E-state index is -0.246. The second kappa shape index (κ2) is 8.57. The van der Waals surface area contributed by atoms with Gasteiger partial charge in [-0.2, -0.15) is 0 Å². The number of para-hydroxylation sites is 1. The number of carbonyl (C=O) groups is 1. The molecule has 4 heterocycles. The Morgan fingerprint density at radius 3 is 2.65 bits per heavy atom. The van der Waals surface area contributed by atoms with E-state index in [0.717, 1.165) is 27.7 Å². The normalized spacial score (nSPS) is 12.5.